The molecule has 0 fully saturated rings. The van der Waals surface area contributed by atoms with Crippen molar-refractivity contribution in [2.24, 2.45) is 0 Å². The van der Waals surface area contributed by atoms with Crippen molar-refractivity contribution in [3.63, 3.8) is 0 Å². The number of hydrogen-bond acceptors (Lipinski definition) is 6. The molecule has 0 heterocycles. The lowest BCUT2D eigenvalue weighted by atomic mass is 10.0. The van der Waals surface area contributed by atoms with Crippen LogP contribution in [-0.2, 0) is 19.1 Å². The Morgan fingerprint density at radius 1 is 0.543 bits per heavy atom. The highest BCUT2D eigenvalue weighted by Gasteiger charge is 2.14. The molecule has 1 atom stereocenters. The molecule has 6 heteroatoms. The molecule has 0 rings (SSSR count). The summed E-state index contributed by atoms with van der Waals surface area (Å²) in [6.45, 7) is 10.2. The summed E-state index contributed by atoms with van der Waals surface area (Å²) < 4.78 is 11.3. The van der Waals surface area contributed by atoms with E-state index >= 15 is 0 Å². The van der Waals surface area contributed by atoms with E-state index in [9.17, 15) is 9.59 Å². The fourth-order valence-corrected chi connectivity index (χ4v) is 6.06. The topological polar surface area (TPSA) is 79.6 Å². The molecule has 0 aliphatic rings. The first-order valence-corrected chi connectivity index (χ1v) is 20.0. The molecule has 0 spiro atoms. The van der Waals surface area contributed by atoms with Gasteiger partial charge in [-0.05, 0) is 70.9 Å². The Hall–Kier alpha value is -1.61. The van der Waals surface area contributed by atoms with E-state index in [1.165, 1.54) is 89.9 Å². The summed E-state index contributed by atoms with van der Waals surface area (Å²) in [5.41, 5.74) is 0. The summed E-state index contributed by atoms with van der Waals surface area (Å²) >= 11 is 0. The zero-order valence-electron chi connectivity index (χ0n) is 30.9. The minimum Gasteiger partial charge on any atom is -0.466 e. The maximum absolute atomic E-state index is 12.6. The third kappa shape index (κ3) is 32.3. The molecule has 0 amide bonds. The molecular formula is C40H76N2O4. The van der Waals surface area contributed by atoms with Crippen LogP contribution in [0.4, 0.5) is 0 Å². The minimum absolute atomic E-state index is 0.00447. The zero-order chi connectivity index (χ0) is 33.8. The first-order valence-electron chi connectivity index (χ1n) is 20.0. The van der Waals surface area contributed by atoms with Crippen LogP contribution >= 0.6 is 0 Å². The van der Waals surface area contributed by atoms with E-state index in [0.717, 1.165) is 96.7 Å². The lowest BCUT2D eigenvalue weighted by Gasteiger charge is -2.21. The number of rotatable bonds is 36. The molecule has 0 bridgehead atoms. The van der Waals surface area contributed by atoms with Gasteiger partial charge >= 0.3 is 11.9 Å². The number of unbranched alkanes of at least 4 members (excludes halogenated alkanes) is 19. The predicted molar refractivity (Wildman–Crippen MR) is 194 cm³/mol. The van der Waals surface area contributed by atoms with Crippen molar-refractivity contribution in [2.45, 2.75) is 213 Å². The highest BCUT2D eigenvalue weighted by Crippen LogP contribution is 2.18. The summed E-state index contributed by atoms with van der Waals surface area (Å²) in [4.78, 5) is 26.9. The van der Waals surface area contributed by atoms with Crippen LogP contribution in [0.2, 0.25) is 0 Å². The molecule has 0 saturated heterocycles. The van der Waals surface area contributed by atoms with Gasteiger partial charge in [0.25, 0.3) is 0 Å². The number of carbonyl (C=O) groups excluding carboxylic acids is 2. The molecule has 0 aromatic heterocycles. The number of carbonyl (C=O) groups is 2. The van der Waals surface area contributed by atoms with Gasteiger partial charge in [0, 0.05) is 25.8 Å². The van der Waals surface area contributed by atoms with Gasteiger partial charge in [-0.15, -0.1) is 0 Å². The van der Waals surface area contributed by atoms with Crippen LogP contribution in [0.5, 0.6) is 0 Å². The van der Waals surface area contributed by atoms with Crippen molar-refractivity contribution in [1.29, 1.82) is 5.26 Å². The molecular weight excluding hydrogens is 572 g/mol. The SMILES string of the molecule is CCCCCCCOC(=O)CCCCCCCN(CCC#N)CCCCCCCC(=O)OC(CCCCCC)CCCCCCC. The van der Waals surface area contributed by atoms with Gasteiger partial charge in [0.1, 0.15) is 6.10 Å². The fourth-order valence-electron chi connectivity index (χ4n) is 6.06. The van der Waals surface area contributed by atoms with Crippen molar-refractivity contribution >= 4 is 11.9 Å². The number of nitriles is 1. The van der Waals surface area contributed by atoms with Gasteiger partial charge in [-0.25, -0.2) is 0 Å². The lowest BCUT2D eigenvalue weighted by Crippen LogP contribution is -2.27. The second-order valence-electron chi connectivity index (χ2n) is 13.6. The van der Waals surface area contributed by atoms with Gasteiger partial charge in [-0.1, -0.05) is 130 Å². The first kappa shape index (κ1) is 44.4. The standard InChI is InChI=1S/C40H76N2O4/c1-4-7-10-15-22-30-38(29-21-12-9-6-3)46-40(44)32-24-17-14-19-26-35-42(36-28-33-41)34-25-18-13-16-23-31-39(43)45-37-27-20-11-8-5-2/h38H,4-32,34-37H2,1-3H3. The predicted octanol–water partition coefficient (Wildman–Crippen LogP) is 11.6. The van der Waals surface area contributed by atoms with Gasteiger partial charge in [0.2, 0.25) is 0 Å². The molecule has 0 aliphatic heterocycles. The Bertz CT molecular complexity index is 708. The van der Waals surface area contributed by atoms with Crippen LogP contribution in [0.25, 0.3) is 0 Å². The molecule has 0 saturated carbocycles. The molecule has 6 nitrogen and oxygen atoms in total. The monoisotopic (exact) mass is 649 g/mol. The Kier molecular flexibility index (Phi) is 35.0. The van der Waals surface area contributed by atoms with Crippen molar-refractivity contribution in [1.82, 2.24) is 4.90 Å². The van der Waals surface area contributed by atoms with E-state index in [-0.39, 0.29) is 18.0 Å². The highest BCUT2D eigenvalue weighted by molar-refractivity contribution is 5.69. The number of ether oxygens (including phenoxy) is 2. The second kappa shape index (κ2) is 36.2. The highest BCUT2D eigenvalue weighted by atomic mass is 16.5. The Balaban J connectivity index is 3.98. The Morgan fingerprint density at radius 2 is 0.978 bits per heavy atom. The summed E-state index contributed by atoms with van der Waals surface area (Å²) in [7, 11) is 0. The van der Waals surface area contributed by atoms with Crippen molar-refractivity contribution in [3.05, 3.63) is 0 Å². The summed E-state index contributed by atoms with van der Waals surface area (Å²) in [5, 5.41) is 9.08. The Morgan fingerprint density at radius 3 is 1.52 bits per heavy atom. The van der Waals surface area contributed by atoms with Gasteiger partial charge in [-0.2, -0.15) is 5.26 Å². The molecule has 46 heavy (non-hydrogen) atoms. The quantitative estimate of drug-likeness (QED) is 0.0497. The summed E-state index contributed by atoms with van der Waals surface area (Å²) in [5.74, 6) is -0.0340. The van der Waals surface area contributed by atoms with E-state index in [4.69, 9.17) is 14.7 Å². The smallest absolute Gasteiger partial charge is 0.306 e. The van der Waals surface area contributed by atoms with Crippen molar-refractivity contribution < 1.29 is 19.1 Å². The van der Waals surface area contributed by atoms with Crippen LogP contribution in [0.1, 0.15) is 207 Å². The summed E-state index contributed by atoms with van der Waals surface area (Å²) in [6.07, 6.45) is 31.9. The third-order valence-electron chi connectivity index (χ3n) is 9.07. The summed E-state index contributed by atoms with van der Waals surface area (Å²) in [6, 6.07) is 2.30. The molecule has 270 valence electrons. The average Bonchev–Trinajstić information content (AvgIpc) is 3.05. The van der Waals surface area contributed by atoms with E-state index in [0.29, 0.717) is 25.9 Å². The van der Waals surface area contributed by atoms with Crippen molar-refractivity contribution in [3.8, 4) is 6.07 Å². The van der Waals surface area contributed by atoms with Crippen LogP contribution < -0.4 is 0 Å². The lowest BCUT2D eigenvalue weighted by molar-refractivity contribution is -0.150. The molecule has 0 radical (unpaired) electrons. The third-order valence-corrected chi connectivity index (χ3v) is 9.07. The number of nitrogens with zero attached hydrogens (tertiary/aromatic N) is 2. The number of esters is 2. The second-order valence-corrected chi connectivity index (χ2v) is 13.6. The minimum atomic E-state index is -0.0385. The zero-order valence-corrected chi connectivity index (χ0v) is 30.9. The van der Waals surface area contributed by atoms with Crippen LogP contribution in [0.15, 0.2) is 0 Å². The molecule has 0 aliphatic carbocycles. The maximum atomic E-state index is 12.6. The largest absolute Gasteiger partial charge is 0.466 e. The fraction of sp³-hybridized carbons (Fsp3) is 0.925. The molecule has 0 N–H and O–H groups in total. The average molecular weight is 649 g/mol. The first-order chi connectivity index (χ1) is 22.6. The van der Waals surface area contributed by atoms with Gasteiger partial charge in [0.15, 0.2) is 0 Å². The van der Waals surface area contributed by atoms with Gasteiger partial charge < -0.3 is 14.4 Å². The van der Waals surface area contributed by atoms with Crippen LogP contribution in [0, 0.1) is 11.3 Å². The molecule has 0 aromatic carbocycles. The van der Waals surface area contributed by atoms with Crippen LogP contribution in [0.3, 0.4) is 0 Å². The molecule has 0 aromatic rings. The van der Waals surface area contributed by atoms with E-state index in [1.54, 1.807) is 0 Å². The Labute approximate surface area is 286 Å². The van der Waals surface area contributed by atoms with Crippen molar-refractivity contribution in [2.75, 3.05) is 26.2 Å². The van der Waals surface area contributed by atoms with Gasteiger partial charge in [-0.3, -0.25) is 9.59 Å². The number of hydrogen-bond donors (Lipinski definition) is 0. The van der Waals surface area contributed by atoms with Gasteiger partial charge in [0.05, 0.1) is 12.7 Å². The maximum Gasteiger partial charge on any atom is 0.306 e. The normalized spacial score (nSPS) is 11.9. The van der Waals surface area contributed by atoms with Crippen LogP contribution in [-0.4, -0.2) is 49.2 Å². The molecule has 1 unspecified atom stereocenters. The van der Waals surface area contributed by atoms with E-state index in [1.807, 2.05) is 0 Å². The van der Waals surface area contributed by atoms with E-state index in [2.05, 4.69) is 31.7 Å². The van der Waals surface area contributed by atoms with E-state index < -0.39 is 0 Å².